The second-order valence-electron chi connectivity index (χ2n) is 8.52. The summed E-state index contributed by atoms with van der Waals surface area (Å²) in [6, 6.07) is 13.8. The van der Waals surface area contributed by atoms with E-state index in [-0.39, 0.29) is 5.82 Å². The second-order valence-corrected chi connectivity index (χ2v) is 9.46. The molecule has 9 heteroatoms. The van der Waals surface area contributed by atoms with Crippen LogP contribution in [0.3, 0.4) is 0 Å². The number of benzene rings is 2. The summed E-state index contributed by atoms with van der Waals surface area (Å²) < 4.78 is 27.3. The van der Waals surface area contributed by atoms with E-state index in [4.69, 9.17) is 14.6 Å². The summed E-state index contributed by atoms with van der Waals surface area (Å²) in [5.41, 5.74) is 2.54. The highest BCUT2D eigenvalue weighted by Gasteiger charge is 2.35. The zero-order chi connectivity index (χ0) is 25.5. The lowest BCUT2D eigenvalue weighted by Gasteiger charge is -2.28. The summed E-state index contributed by atoms with van der Waals surface area (Å²) in [6.07, 6.45) is 2.72. The molecule has 1 aliphatic heterocycles. The van der Waals surface area contributed by atoms with Crippen LogP contribution in [0.25, 0.3) is 0 Å². The maximum Gasteiger partial charge on any atom is 0.338 e. The summed E-state index contributed by atoms with van der Waals surface area (Å²) in [7, 11) is 0. The third-order valence-electron chi connectivity index (χ3n) is 5.75. The quantitative estimate of drug-likeness (QED) is 0.189. The SMILES string of the molecule is CCCCOc1cccc(C2C(C(=O)OCCC)=C(C)Nc3nc(SCc4ccccc4F)nn32)c1. The number of fused-ring (bicyclic) bond motifs is 1. The fourth-order valence-corrected chi connectivity index (χ4v) is 4.72. The van der Waals surface area contributed by atoms with Crippen molar-refractivity contribution >= 4 is 23.7 Å². The van der Waals surface area contributed by atoms with Crippen molar-refractivity contribution in [3.63, 3.8) is 0 Å². The number of hydrogen-bond acceptors (Lipinski definition) is 7. The van der Waals surface area contributed by atoms with Crippen molar-refractivity contribution in [2.75, 3.05) is 18.5 Å². The molecule has 1 aliphatic rings. The minimum atomic E-state index is -0.546. The van der Waals surface area contributed by atoms with E-state index in [1.54, 1.807) is 22.9 Å². The minimum absolute atomic E-state index is 0.261. The van der Waals surface area contributed by atoms with Crippen LogP contribution in [-0.2, 0) is 15.3 Å². The average Bonchev–Trinajstić information content (AvgIpc) is 3.28. The van der Waals surface area contributed by atoms with Crippen LogP contribution < -0.4 is 10.1 Å². The number of thioether (sulfide) groups is 1. The Labute approximate surface area is 215 Å². The van der Waals surface area contributed by atoms with Gasteiger partial charge in [-0.3, -0.25) is 0 Å². The fourth-order valence-electron chi connectivity index (χ4n) is 3.90. The Morgan fingerprint density at radius 2 is 1.97 bits per heavy atom. The Kier molecular flexibility index (Phi) is 8.64. The number of halogens is 1. The molecule has 0 aliphatic carbocycles. The average molecular weight is 511 g/mol. The van der Waals surface area contributed by atoms with Gasteiger partial charge in [0.15, 0.2) is 0 Å². The van der Waals surface area contributed by atoms with Gasteiger partial charge in [0.2, 0.25) is 11.1 Å². The van der Waals surface area contributed by atoms with Gasteiger partial charge in [-0.05, 0) is 49.1 Å². The first-order valence-electron chi connectivity index (χ1n) is 12.2. The molecule has 0 saturated heterocycles. The topological polar surface area (TPSA) is 78.3 Å². The molecule has 2 heterocycles. The smallest absolute Gasteiger partial charge is 0.338 e. The molecule has 0 bridgehead atoms. The minimum Gasteiger partial charge on any atom is -0.494 e. The van der Waals surface area contributed by atoms with E-state index in [2.05, 4.69) is 17.2 Å². The largest absolute Gasteiger partial charge is 0.494 e. The van der Waals surface area contributed by atoms with Gasteiger partial charge in [-0.1, -0.05) is 62.4 Å². The highest BCUT2D eigenvalue weighted by atomic mass is 32.2. The molecular weight excluding hydrogens is 479 g/mol. The monoisotopic (exact) mass is 510 g/mol. The summed E-state index contributed by atoms with van der Waals surface area (Å²) in [6.45, 7) is 6.86. The van der Waals surface area contributed by atoms with Gasteiger partial charge in [-0.2, -0.15) is 4.98 Å². The first-order valence-corrected chi connectivity index (χ1v) is 13.2. The van der Waals surface area contributed by atoms with Crippen LogP contribution >= 0.6 is 11.8 Å². The van der Waals surface area contributed by atoms with E-state index in [0.717, 1.165) is 30.6 Å². The lowest BCUT2D eigenvalue weighted by atomic mass is 9.95. The van der Waals surface area contributed by atoms with Gasteiger partial charge in [0, 0.05) is 11.4 Å². The van der Waals surface area contributed by atoms with Crippen LogP contribution in [0.2, 0.25) is 0 Å². The molecule has 190 valence electrons. The second kappa shape index (κ2) is 12.1. The van der Waals surface area contributed by atoms with Crippen LogP contribution in [0.1, 0.15) is 57.2 Å². The van der Waals surface area contributed by atoms with Crippen molar-refractivity contribution in [2.45, 2.75) is 57.0 Å². The molecule has 0 spiro atoms. The van der Waals surface area contributed by atoms with E-state index in [9.17, 15) is 9.18 Å². The van der Waals surface area contributed by atoms with Crippen molar-refractivity contribution in [1.29, 1.82) is 0 Å². The third-order valence-corrected chi connectivity index (χ3v) is 6.63. The molecule has 1 unspecified atom stereocenters. The molecule has 1 atom stereocenters. The molecule has 3 aromatic rings. The van der Waals surface area contributed by atoms with E-state index < -0.39 is 12.0 Å². The van der Waals surface area contributed by atoms with Gasteiger partial charge in [-0.25, -0.2) is 13.9 Å². The van der Waals surface area contributed by atoms with Crippen LogP contribution in [-0.4, -0.2) is 33.9 Å². The van der Waals surface area contributed by atoms with Crippen LogP contribution in [0, 0.1) is 5.82 Å². The lowest BCUT2D eigenvalue weighted by Crippen LogP contribution is -2.29. The lowest BCUT2D eigenvalue weighted by molar-refractivity contribution is -0.139. The van der Waals surface area contributed by atoms with Gasteiger partial charge < -0.3 is 14.8 Å². The highest BCUT2D eigenvalue weighted by molar-refractivity contribution is 7.98. The number of unbranched alkanes of at least 4 members (excludes halogenated alkanes) is 1. The number of carbonyl (C=O) groups is 1. The number of hydrogen-bond donors (Lipinski definition) is 1. The molecule has 0 radical (unpaired) electrons. The molecule has 1 N–H and O–H groups in total. The third kappa shape index (κ3) is 5.90. The molecule has 36 heavy (non-hydrogen) atoms. The number of carbonyl (C=O) groups excluding carboxylic acids is 1. The molecule has 0 saturated carbocycles. The van der Waals surface area contributed by atoms with Crippen molar-refractivity contribution in [2.24, 2.45) is 0 Å². The van der Waals surface area contributed by atoms with Gasteiger partial charge in [0.25, 0.3) is 0 Å². The van der Waals surface area contributed by atoms with E-state index in [0.29, 0.717) is 46.9 Å². The number of esters is 1. The van der Waals surface area contributed by atoms with E-state index in [1.165, 1.54) is 17.8 Å². The zero-order valence-electron chi connectivity index (χ0n) is 20.8. The van der Waals surface area contributed by atoms with Crippen LogP contribution in [0.4, 0.5) is 10.3 Å². The molecule has 4 rings (SSSR count). The van der Waals surface area contributed by atoms with Crippen molar-refractivity contribution in [1.82, 2.24) is 14.8 Å². The number of anilines is 1. The van der Waals surface area contributed by atoms with Gasteiger partial charge in [0.05, 0.1) is 18.8 Å². The Morgan fingerprint density at radius 3 is 2.75 bits per heavy atom. The van der Waals surface area contributed by atoms with Gasteiger partial charge >= 0.3 is 5.97 Å². The number of nitrogens with one attached hydrogen (secondary N) is 1. The first-order chi connectivity index (χ1) is 17.5. The molecule has 7 nitrogen and oxygen atoms in total. The summed E-state index contributed by atoms with van der Waals surface area (Å²) in [4.78, 5) is 17.8. The Balaban J connectivity index is 1.67. The molecular formula is C27H31FN4O3S. The maximum atomic E-state index is 14.1. The number of allylic oxidation sites excluding steroid dienone is 1. The van der Waals surface area contributed by atoms with E-state index in [1.807, 2.05) is 38.1 Å². The van der Waals surface area contributed by atoms with Crippen LogP contribution in [0.15, 0.2) is 65.0 Å². The predicted molar refractivity (Wildman–Crippen MR) is 139 cm³/mol. The Hall–Kier alpha value is -3.33. The zero-order valence-corrected chi connectivity index (χ0v) is 21.6. The normalized spacial score (nSPS) is 14.8. The first kappa shape index (κ1) is 25.8. The molecule has 1 aromatic heterocycles. The van der Waals surface area contributed by atoms with Gasteiger partial charge in [0.1, 0.15) is 17.6 Å². The molecule has 0 amide bonds. The van der Waals surface area contributed by atoms with E-state index >= 15 is 0 Å². The summed E-state index contributed by atoms with van der Waals surface area (Å²) in [5, 5.41) is 8.39. The van der Waals surface area contributed by atoms with Crippen molar-refractivity contribution in [3.05, 3.63) is 76.7 Å². The standard InChI is InChI=1S/C27H31FN4O3S/c1-4-6-15-34-21-12-9-11-19(16-21)24-23(25(33)35-14-5-2)18(3)29-26-30-27(31-32(24)26)36-17-20-10-7-8-13-22(20)28/h7-13,16,24H,4-6,14-15,17H2,1-3H3,(H,29,30,31). The maximum absolute atomic E-state index is 14.1. The number of rotatable bonds is 11. The Morgan fingerprint density at radius 1 is 1.14 bits per heavy atom. The number of ether oxygens (including phenoxy) is 2. The van der Waals surface area contributed by atoms with Crippen LogP contribution in [0.5, 0.6) is 5.75 Å². The Bertz CT molecular complexity index is 1240. The summed E-state index contributed by atoms with van der Waals surface area (Å²) >= 11 is 1.34. The highest BCUT2D eigenvalue weighted by Crippen LogP contribution is 2.38. The molecule has 0 fully saturated rings. The number of nitrogens with zero attached hydrogens (tertiary/aromatic N) is 3. The van der Waals surface area contributed by atoms with Gasteiger partial charge in [-0.15, -0.1) is 5.10 Å². The number of aromatic nitrogens is 3. The predicted octanol–water partition coefficient (Wildman–Crippen LogP) is 6.13. The summed E-state index contributed by atoms with van der Waals surface area (Å²) in [5.74, 6) is 0.973. The van der Waals surface area contributed by atoms with Crippen molar-refractivity contribution < 1.29 is 18.7 Å². The van der Waals surface area contributed by atoms with Crippen molar-refractivity contribution in [3.8, 4) is 5.75 Å². The fraction of sp³-hybridized carbons (Fsp3) is 0.370. The molecule has 2 aromatic carbocycles.